The van der Waals surface area contributed by atoms with Crippen LogP contribution in [0.1, 0.15) is 10.5 Å². The lowest BCUT2D eigenvalue weighted by molar-refractivity contribution is 0.0687. The SMILES string of the molecule is O=C(O)c1cccc2nc(-c3ccc(Cl)cc3Cl)nn12. The molecule has 1 N–H and O–H groups in total. The first-order chi connectivity index (χ1) is 9.56. The van der Waals surface area contributed by atoms with Gasteiger partial charge in [-0.2, -0.15) is 0 Å². The summed E-state index contributed by atoms with van der Waals surface area (Å²) in [6.07, 6.45) is 0. The fourth-order valence-corrected chi connectivity index (χ4v) is 2.35. The highest BCUT2D eigenvalue weighted by atomic mass is 35.5. The number of carboxylic acids is 1. The van der Waals surface area contributed by atoms with Crippen LogP contribution >= 0.6 is 23.2 Å². The number of fused-ring (bicyclic) bond motifs is 1. The predicted octanol–water partition coefficient (Wildman–Crippen LogP) is 3.40. The molecule has 0 aliphatic carbocycles. The first kappa shape index (κ1) is 12.9. The second kappa shape index (κ2) is 4.77. The summed E-state index contributed by atoms with van der Waals surface area (Å²) < 4.78 is 1.27. The smallest absolute Gasteiger partial charge is 0.354 e. The number of nitrogens with zero attached hydrogens (tertiary/aromatic N) is 3. The summed E-state index contributed by atoms with van der Waals surface area (Å²) in [4.78, 5) is 15.4. The van der Waals surface area contributed by atoms with E-state index in [9.17, 15) is 4.79 Å². The summed E-state index contributed by atoms with van der Waals surface area (Å²) in [5.41, 5.74) is 1.06. The van der Waals surface area contributed by atoms with Gasteiger partial charge in [0.2, 0.25) is 0 Å². The second-order valence-electron chi connectivity index (χ2n) is 4.05. The van der Waals surface area contributed by atoms with Gasteiger partial charge < -0.3 is 5.11 Å². The Morgan fingerprint density at radius 2 is 2.00 bits per heavy atom. The van der Waals surface area contributed by atoms with Crippen LogP contribution in [0.5, 0.6) is 0 Å². The van der Waals surface area contributed by atoms with E-state index in [0.717, 1.165) is 0 Å². The quantitative estimate of drug-likeness (QED) is 0.788. The Hall–Kier alpha value is -2.11. The van der Waals surface area contributed by atoms with Crippen molar-refractivity contribution in [1.82, 2.24) is 14.6 Å². The molecule has 3 rings (SSSR count). The predicted molar refractivity (Wildman–Crippen MR) is 75.4 cm³/mol. The monoisotopic (exact) mass is 307 g/mol. The van der Waals surface area contributed by atoms with E-state index in [1.807, 2.05) is 0 Å². The van der Waals surface area contributed by atoms with Crippen LogP contribution in [0.25, 0.3) is 17.0 Å². The lowest BCUT2D eigenvalue weighted by atomic mass is 10.2. The Bertz CT molecular complexity index is 830. The van der Waals surface area contributed by atoms with Crippen LogP contribution in [0.3, 0.4) is 0 Å². The maximum Gasteiger partial charge on any atom is 0.354 e. The summed E-state index contributed by atoms with van der Waals surface area (Å²) in [6.45, 7) is 0. The molecule has 3 aromatic rings. The Balaban J connectivity index is 2.23. The van der Waals surface area contributed by atoms with E-state index in [2.05, 4.69) is 10.1 Å². The number of rotatable bonds is 2. The van der Waals surface area contributed by atoms with Crippen LogP contribution < -0.4 is 0 Å². The first-order valence-corrected chi connectivity index (χ1v) is 6.36. The van der Waals surface area contributed by atoms with Gasteiger partial charge in [0.05, 0.1) is 5.02 Å². The highest BCUT2D eigenvalue weighted by molar-refractivity contribution is 6.36. The largest absolute Gasteiger partial charge is 0.477 e. The van der Waals surface area contributed by atoms with Crippen molar-refractivity contribution in [3.8, 4) is 11.4 Å². The number of aromatic nitrogens is 3. The summed E-state index contributed by atoms with van der Waals surface area (Å²) in [5.74, 6) is -0.727. The minimum absolute atomic E-state index is 0.0336. The van der Waals surface area contributed by atoms with E-state index < -0.39 is 5.97 Å². The van der Waals surface area contributed by atoms with Crippen molar-refractivity contribution in [1.29, 1.82) is 0 Å². The maximum absolute atomic E-state index is 11.1. The number of hydrogen-bond donors (Lipinski definition) is 1. The minimum Gasteiger partial charge on any atom is -0.477 e. The Morgan fingerprint density at radius 1 is 1.20 bits per heavy atom. The van der Waals surface area contributed by atoms with Crippen molar-refractivity contribution in [2.45, 2.75) is 0 Å². The molecule has 0 atom stereocenters. The lowest BCUT2D eigenvalue weighted by Gasteiger charge is -1.99. The van der Waals surface area contributed by atoms with Crippen molar-refractivity contribution in [3.63, 3.8) is 0 Å². The molecule has 1 aromatic carbocycles. The first-order valence-electron chi connectivity index (χ1n) is 5.61. The third-order valence-corrected chi connectivity index (χ3v) is 3.30. The molecule has 0 aliphatic heterocycles. The van der Waals surface area contributed by atoms with Crippen LogP contribution in [-0.2, 0) is 0 Å². The van der Waals surface area contributed by atoms with Gasteiger partial charge in [-0.15, -0.1) is 5.10 Å². The van der Waals surface area contributed by atoms with Gasteiger partial charge in [0.15, 0.2) is 17.2 Å². The summed E-state index contributed by atoms with van der Waals surface area (Å²) in [5, 5.41) is 14.2. The molecule has 2 aromatic heterocycles. The molecule has 0 saturated heterocycles. The van der Waals surface area contributed by atoms with E-state index in [4.69, 9.17) is 28.3 Å². The van der Waals surface area contributed by atoms with Crippen LogP contribution in [0.2, 0.25) is 10.0 Å². The molecule has 0 aliphatic rings. The van der Waals surface area contributed by atoms with Gasteiger partial charge in [0.1, 0.15) is 0 Å². The topological polar surface area (TPSA) is 67.5 Å². The zero-order valence-corrected chi connectivity index (χ0v) is 11.4. The molecule has 20 heavy (non-hydrogen) atoms. The molecule has 0 unspecified atom stereocenters. The van der Waals surface area contributed by atoms with E-state index in [1.165, 1.54) is 10.6 Å². The maximum atomic E-state index is 11.1. The van der Waals surface area contributed by atoms with Crippen molar-refractivity contribution in [3.05, 3.63) is 52.1 Å². The zero-order valence-electron chi connectivity index (χ0n) is 9.92. The van der Waals surface area contributed by atoms with Crippen molar-refractivity contribution in [2.75, 3.05) is 0 Å². The molecule has 0 fully saturated rings. The molecule has 0 amide bonds. The van der Waals surface area contributed by atoms with Crippen LogP contribution in [0.15, 0.2) is 36.4 Å². The number of benzene rings is 1. The van der Waals surface area contributed by atoms with E-state index in [1.54, 1.807) is 30.3 Å². The highest BCUT2D eigenvalue weighted by Gasteiger charge is 2.14. The average Bonchev–Trinajstić information content (AvgIpc) is 2.81. The summed E-state index contributed by atoms with van der Waals surface area (Å²) >= 11 is 11.9. The van der Waals surface area contributed by atoms with Crippen molar-refractivity contribution >= 4 is 34.8 Å². The molecule has 7 heteroatoms. The Morgan fingerprint density at radius 3 is 2.70 bits per heavy atom. The second-order valence-corrected chi connectivity index (χ2v) is 4.89. The normalized spacial score (nSPS) is 10.9. The third-order valence-electron chi connectivity index (χ3n) is 2.75. The van der Waals surface area contributed by atoms with Crippen LogP contribution in [0, 0.1) is 0 Å². The van der Waals surface area contributed by atoms with Crippen LogP contribution in [-0.4, -0.2) is 25.7 Å². The zero-order chi connectivity index (χ0) is 14.3. The number of carbonyl (C=O) groups is 1. The van der Waals surface area contributed by atoms with Gasteiger partial charge in [0.25, 0.3) is 0 Å². The fraction of sp³-hybridized carbons (Fsp3) is 0. The number of halogens is 2. The highest BCUT2D eigenvalue weighted by Crippen LogP contribution is 2.28. The van der Waals surface area contributed by atoms with Gasteiger partial charge in [-0.3, -0.25) is 0 Å². The Labute approximate surface area is 123 Å². The van der Waals surface area contributed by atoms with Gasteiger partial charge in [-0.25, -0.2) is 14.3 Å². The number of pyridine rings is 1. The lowest BCUT2D eigenvalue weighted by Crippen LogP contribution is -2.05. The minimum atomic E-state index is -1.07. The van der Waals surface area contributed by atoms with E-state index >= 15 is 0 Å². The molecule has 0 saturated carbocycles. The molecule has 0 spiro atoms. The third kappa shape index (κ3) is 2.11. The summed E-state index contributed by atoms with van der Waals surface area (Å²) in [6, 6.07) is 9.69. The fourth-order valence-electron chi connectivity index (χ4n) is 1.85. The van der Waals surface area contributed by atoms with Gasteiger partial charge >= 0.3 is 5.97 Å². The van der Waals surface area contributed by atoms with Gasteiger partial charge in [0, 0.05) is 10.6 Å². The number of carboxylic acid groups (broad SMARTS) is 1. The molecular formula is C13H7Cl2N3O2. The molecule has 100 valence electrons. The Kier molecular flexibility index (Phi) is 3.08. The standard InChI is InChI=1S/C13H7Cl2N3O2/c14-7-4-5-8(9(15)6-7)12-16-11-3-1-2-10(13(19)20)18(11)17-12/h1-6H,(H,19,20). The number of aromatic carboxylic acids is 1. The summed E-state index contributed by atoms with van der Waals surface area (Å²) in [7, 11) is 0. The molecule has 5 nitrogen and oxygen atoms in total. The molecule has 0 bridgehead atoms. The average molecular weight is 308 g/mol. The number of hydrogen-bond acceptors (Lipinski definition) is 3. The van der Waals surface area contributed by atoms with Crippen molar-refractivity contribution in [2.24, 2.45) is 0 Å². The molecular weight excluding hydrogens is 301 g/mol. The van der Waals surface area contributed by atoms with E-state index in [0.29, 0.717) is 27.1 Å². The molecule has 2 heterocycles. The molecule has 0 radical (unpaired) electrons. The van der Waals surface area contributed by atoms with Crippen molar-refractivity contribution < 1.29 is 9.90 Å². The van der Waals surface area contributed by atoms with Gasteiger partial charge in [-0.1, -0.05) is 29.3 Å². The van der Waals surface area contributed by atoms with Crippen LogP contribution in [0.4, 0.5) is 0 Å². The van der Waals surface area contributed by atoms with E-state index in [-0.39, 0.29) is 5.69 Å². The van der Waals surface area contributed by atoms with Gasteiger partial charge in [-0.05, 0) is 30.3 Å².